The van der Waals surface area contributed by atoms with E-state index >= 15 is 0 Å². The summed E-state index contributed by atoms with van der Waals surface area (Å²) in [6.07, 6.45) is 5.50. The van der Waals surface area contributed by atoms with Crippen molar-refractivity contribution < 1.29 is 4.74 Å². The fourth-order valence-electron chi connectivity index (χ4n) is 2.02. The van der Waals surface area contributed by atoms with Gasteiger partial charge in [0.1, 0.15) is 17.3 Å². The van der Waals surface area contributed by atoms with E-state index in [0.29, 0.717) is 11.2 Å². The molecule has 0 aromatic carbocycles. The molecular formula is C12H18ClN3O. The number of aromatic nitrogens is 2. The molecule has 1 aliphatic rings. The summed E-state index contributed by atoms with van der Waals surface area (Å²) in [5, 5.41) is 4.03. The lowest BCUT2D eigenvalue weighted by Crippen LogP contribution is -2.28. The Bertz CT molecular complexity index is 367. The van der Waals surface area contributed by atoms with Crippen LogP contribution in [0.15, 0.2) is 6.33 Å². The van der Waals surface area contributed by atoms with Crippen LogP contribution in [0.1, 0.15) is 31.7 Å². The third-order valence-electron chi connectivity index (χ3n) is 2.95. The number of halogens is 1. The van der Waals surface area contributed by atoms with Gasteiger partial charge in [-0.25, -0.2) is 9.97 Å². The summed E-state index contributed by atoms with van der Waals surface area (Å²) in [5.41, 5.74) is 1.03. The number of nitrogens with zero attached hydrogens (tertiary/aromatic N) is 2. The lowest BCUT2D eigenvalue weighted by atomic mass is 10.1. The van der Waals surface area contributed by atoms with Gasteiger partial charge in [-0.2, -0.15) is 0 Å². The van der Waals surface area contributed by atoms with E-state index in [1.807, 2.05) is 0 Å². The number of hydrogen-bond acceptors (Lipinski definition) is 4. The second kappa shape index (κ2) is 6.17. The third kappa shape index (κ3) is 3.30. The minimum atomic E-state index is 0.435. The van der Waals surface area contributed by atoms with Crippen LogP contribution in [0.4, 0.5) is 5.82 Å². The molecule has 1 aromatic heterocycles. The lowest BCUT2D eigenvalue weighted by Gasteiger charge is -2.24. The quantitative estimate of drug-likeness (QED) is 0.841. The smallest absolute Gasteiger partial charge is 0.137 e. The van der Waals surface area contributed by atoms with E-state index in [0.717, 1.165) is 50.3 Å². The highest BCUT2D eigenvalue weighted by atomic mass is 35.5. The van der Waals surface area contributed by atoms with Crippen molar-refractivity contribution in [1.29, 1.82) is 0 Å². The minimum Gasteiger partial charge on any atom is -0.381 e. The fourth-order valence-corrected chi connectivity index (χ4v) is 2.25. The molecule has 2 rings (SSSR count). The van der Waals surface area contributed by atoms with E-state index in [4.69, 9.17) is 16.3 Å². The summed E-state index contributed by atoms with van der Waals surface area (Å²) in [7, 11) is 0. The topological polar surface area (TPSA) is 47.0 Å². The molecule has 0 saturated carbocycles. The van der Waals surface area contributed by atoms with Crippen molar-refractivity contribution in [3.63, 3.8) is 0 Å². The molecule has 0 unspecified atom stereocenters. The Balaban J connectivity index is 2.10. The van der Waals surface area contributed by atoms with E-state index in [2.05, 4.69) is 22.2 Å². The zero-order chi connectivity index (χ0) is 12.1. The monoisotopic (exact) mass is 255 g/mol. The summed E-state index contributed by atoms with van der Waals surface area (Å²) in [6.45, 7) is 3.76. The Morgan fingerprint density at radius 1 is 1.41 bits per heavy atom. The summed E-state index contributed by atoms with van der Waals surface area (Å²) in [5.74, 6) is 0.888. The van der Waals surface area contributed by atoms with Crippen LogP contribution in [-0.4, -0.2) is 29.2 Å². The highest BCUT2D eigenvalue weighted by Gasteiger charge is 2.16. The standard InChI is InChI=1S/C12H18ClN3O/c1-2-3-10-11(13)14-8-15-12(10)16-9-4-6-17-7-5-9/h8-9H,2-7H2,1H3,(H,14,15,16). The van der Waals surface area contributed by atoms with Crippen LogP contribution in [0.25, 0.3) is 0 Å². The van der Waals surface area contributed by atoms with Gasteiger partial charge in [0.25, 0.3) is 0 Å². The molecule has 0 atom stereocenters. The van der Waals surface area contributed by atoms with E-state index in [1.165, 1.54) is 6.33 Å². The van der Waals surface area contributed by atoms with Crippen molar-refractivity contribution in [1.82, 2.24) is 9.97 Å². The van der Waals surface area contributed by atoms with Crippen LogP contribution >= 0.6 is 11.6 Å². The van der Waals surface area contributed by atoms with Crippen LogP contribution in [0, 0.1) is 0 Å². The number of nitrogens with one attached hydrogen (secondary N) is 1. The molecule has 0 spiro atoms. The minimum absolute atomic E-state index is 0.435. The zero-order valence-electron chi connectivity index (χ0n) is 10.1. The molecule has 1 saturated heterocycles. The molecule has 5 heteroatoms. The van der Waals surface area contributed by atoms with Crippen LogP contribution in [0.5, 0.6) is 0 Å². The Morgan fingerprint density at radius 2 is 2.18 bits per heavy atom. The maximum Gasteiger partial charge on any atom is 0.137 e. The molecule has 4 nitrogen and oxygen atoms in total. The summed E-state index contributed by atoms with van der Waals surface area (Å²) in [4.78, 5) is 8.35. The highest BCUT2D eigenvalue weighted by molar-refractivity contribution is 6.30. The molecule has 2 heterocycles. The number of hydrogen-bond donors (Lipinski definition) is 1. The molecule has 1 aromatic rings. The highest BCUT2D eigenvalue weighted by Crippen LogP contribution is 2.23. The molecular weight excluding hydrogens is 238 g/mol. The Labute approximate surface area is 107 Å². The average Bonchev–Trinajstić information content (AvgIpc) is 2.35. The normalized spacial score (nSPS) is 17.1. The maximum atomic E-state index is 6.11. The number of ether oxygens (including phenoxy) is 1. The summed E-state index contributed by atoms with van der Waals surface area (Å²) in [6, 6.07) is 0.435. The van der Waals surface area contributed by atoms with Gasteiger partial charge in [0.05, 0.1) is 0 Å². The zero-order valence-corrected chi connectivity index (χ0v) is 10.8. The molecule has 17 heavy (non-hydrogen) atoms. The van der Waals surface area contributed by atoms with E-state index in [9.17, 15) is 0 Å². The average molecular weight is 256 g/mol. The molecule has 0 amide bonds. The number of anilines is 1. The van der Waals surface area contributed by atoms with E-state index < -0.39 is 0 Å². The van der Waals surface area contributed by atoms with Crippen molar-refractivity contribution in [3.8, 4) is 0 Å². The van der Waals surface area contributed by atoms with Crippen LogP contribution in [0.3, 0.4) is 0 Å². The van der Waals surface area contributed by atoms with Crippen molar-refractivity contribution in [3.05, 3.63) is 17.0 Å². The van der Waals surface area contributed by atoms with Gasteiger partial charge in [-0.05, 0) is 19.3 Å². The van der Waals surface area contributed by atoms with Crippen molar-refractivity contribution in [2.75, 3.05) is 18.5 Å². The van der Waals surface area contributed by atoms with Crippen LogP contribution < -0.4 is 5.32 Å². The van der Waals surface area contributed by atoms with Crippen molar-refractivity contribution in [2.24, 2.45) is 0 Å². The molecule has 1 fully saturated rings. The van der Waals surface area contributed by atoms with Crippen molar-refractivity contribution in [2.45, 2.75) is 38.6 Å². The lowest BCUT2D eigenvalue weighted by molar-refractivity contribution is 0.0903. The van der Waals surface area contributed by atoms with Crippen molar-refractivity contribution >= 4 is 17.4 Å². The Morgan fingerprint density at radius 3 is 2.88 bits per heavy atom. The molecule has 94 valence electrons. The number of rotatable bonds is 4. The third-order valence-corrected chi connectivity index (χ3v) is 3.28. The van der Waals surface area contributed by atoms with Gasteiger partial charge in [0, 0.05) is 24.8 Å². The van der Waals surface area contributed by atoms with E-state index in [1.54, 1.807) is 0 Å². The van der Waals surface area contributed by atoms with Gasteiger partial charge in [-0.15, -0.1) is 0 Å². The maximum absolute atomic E-state index is 6.11. The first-order chi connectivity index (χ1) is 8.31. The first-order valence-corrected chi connectivity index (χ1v) is 6.52. The molecule has 1 aliphatic heterocycles. The molecule has 0 aliphatic carbocycles. The van der Waals surface area contributed by atoms with Crippen LogP contribution in [0.2, 0.25) is 5.15 Å². The van der Waals surface area contributed by atoms with Gasteiger partial charge in [-0.3, -0.25) is 0 Å². The van der Waals surface area contributed by atoms with Gasteiger partial charge in [0.2, 0.25) is 0 Å². The Hall–Kier alpha value is -0.870. The second-order valence-electron chi connectivity index (χ2n) is 4.27. The first-order valence-electron chi connectivity index (χ1n) is 6.15. The van der Waals surface area contributed by atoms with Gasteiger partial charge in [-0.1, -0.05) is 24.9 Å². The predicted octanol–water partition coefficient (Wildman–Crippen LogP) is 2.67. The molecule has 1 N–H and O–H groups in total. The molecule has 0 bridgehead atoms. The van der Waals surface area contributed by atoms with Gasteiger partial charge < -0.3 is 10.1 Å². The van der Waals surface area contributed by atoms with Gasteiger partial charge >= 0.3 is 0 Å². The predicted molar refractivity (Wildman–Crippen MR) is 68.5 cm³/mol. The first kappa shape index (κ1) is 12.6. The van der Waals surface area contributed by atoms with Crippen LogP contribution in [-0.2, 0) is 11.2 Å². The van der Waals surface area contributed by atoms with E-state index in [-0.39, 0.29) is 0 Å². The SMILES string of the molecule is CCCc1c(Cl)ncnc1NC1CCOCC1. The Kier molecular flexibility index (Phi) is 4.57. The largest absolute Gasteiger partial charge is 0.381 e. The van der Waals surface area contributed by atoms with Gasteiger partial charge in [0.15, 0.2) is 0 Å². The second-order valence-corrected chi connectivity index (χ2v) is 4.63. The fraction of sp³-hybridized carbons (Fsp3) is 0.667. The molecule has 0 radical (unpaired) electrons. The summed E-state index contributed by atoms with van der Waals surface area (Å²) >= 11 is 6.11. The summed E-state index contributed by atoms with van der Waals surface area (Å²) < 4.78 is 5.34.